The van der Waals surface area contributed by atoms with Crippen LogP contribution in [0.15, 0.2) is 41.4 Å². The molecule has 0 radical (unpaired) electrons. The Balaban J connectivity index is 2.02. The standard InChI is InChI=1S/C18H16N2O3S2/c1-10(2)15(17(22)23)20-16(21)14(25-18(20)24)9-11-5-3-7-13-12(11)6-4-8-19-13/h3-10,15H,1-2H3,(H,22,23)/b14-9-. The molecule has 7 heteroatoms. The third-order valence-corrected chi connectivity index (χ3v) is 5.28. The summed E-state index contributed by atoms with van der Waals surface area (Å²) in [5.74, 6) is -1.67. The van der Waals surface area contributed by atoms with E-state index in [-0.39, 0.29) is 16.1 Å². The molecule has 3 rings (SSSR count). The zero-order valence-electron chi connectivity index (χ0n) is 13.7. The molecule has 2 heterocycles. The quantitative estimate of drug-likeness (QED) is 0.654. The molecule has 1 amide bonds. The van der Waals surface area contributed by atoms with E-state index in [0.717, 1.165) is 28.2 Å². The van der Waals surface area contributed by atoms with E-state index in [4.69, 9.17) is 12.2 Å². The smallest absolute Gasteiger partial charge is 0.327 e. The van der Waals surface area contributed by atoms with Crippen molar-refractivity contribution < 1.29 is 14.7 Å². The molecule has 1 aliphatic heterocycles. The number of hydrogen-bond acceptors (Lipinski definition) is 5. The van der Waals surface area contributed by atoms with Crippen LogP contribution in [0.25, 0.3) is 17.0 Å². The van der Waals surface area contributed by atoms with Crippen molar-refractivity contribution in [3.63, 3.8) is 0 Å². The summed E-state index contributed by atoms with van der Waals surface area (Å²) in [7, 11) is 0. The van der Waals surface area contributed by atoms with Crippen molar-refractivity contribution in [3.05, 3.63) is 47.0 Å². The molecule has 0 aliphatic carbocycles. The maximum atomic E-state index is 12.8. The zero-order valence-corrected chi connectivity index (χ0v) is 15.3. The monoisotopic (exact) mass is 372 g/mol. The van der Waals surface area contributed by atoms with E-state index in [1.165, 1.54) is 4.90 Å². The SMILES string of the molecule is CC(C)C(C(=O)O)N1C(=O)/C(=C/c2cccc3ncccc23)SC1=S. The van der Waals surface area contributed by atoms with E-state index in [0.29, 0.717) is 4.91 Å². The van der Waals surface area contributed by atoms with Gasteiger partial charge in [-0.05, 0) is 29.7 Å². The normalized spacial score (nSPS) is 17.7. The molecule has 0 spiro atoms. The molecule has 1 fully saturated rings. The largest absolute Gasteiger partial charge is 0.480 e. The number of aromatic nitrogens is 1. The minimum absolute atomic E-state index is 0.249. The summed E-state index contributed by atoms with van der Waals surface area (Å²) in [5.41, 5.74) is 1.68. The summed E-state index contributed by atoms with van der Waals surface area (Å²) in [6, 6.07) is 8.47. The first-order valence-corrected chi connectivity index (χ1v) is 8.96. The van der Waals surface area contributed by atoms with Gasteiger partial charge >= 0.3 is 5.97 Å². The Bertz CT molecular complexity index is 903. The van der Waals surface area contributed by atoms with Gasteiger partial charge in [0.15, 0.2) is 0 Å². The van der Waals surface area contributed by atoms with Gasteiger partial charge in [-0.3, -0.25) is 14.7 Å². The van der Waals surface area contributed by atoms with Crippen molar-refractivity contribution in [1.29, 1.82) is 0 Å². The van der Waals surface area contributed by atoms with Gasteiger partial charge in [0.1, 0.15) is 10.4 Å². The number of amides is 1. The summed E-state index contributed by atoms with van der Waals surface area (Å²) in [6.07, 6.45) is 3.47. The fraction of sp³-hybridized carbons (Fsp3) is 0.222. The van der Waals surface area contributed by atoms with Gasteiger partial charge in [0, 0.05) is 11.6 Å². The molecular weight excluding hydrogens is 356 g/mol. The van der Waals surface area contributed by atoms with E-state index >= 15 is 0 Å². The van der Waals surface area contributed by atoms with Gasteiger partial charge in [0.2, 0.25) is 0 Å². The number of hydrogen-bond donors (Lipinski definition) is 1. The molecular formula is C18H16N2O3S2. The number of carbonyl (C=O) groups is 2. The first kappa shape index (κ1) is 17.6. The minimum atomic E-state index is -1.05. The van der Waals surface area contributed by atoms with Crippen molar-refractivity contribution in [2.24, 2.45) is 5.92 Å². The third kappa shape index (κ3) is 3.29. The molecule has 1 unspecified atom stereocenters. The molecule has 1 aromatic carbocycles. The molecule has 1 aliphatic rings. The molecule has 0 bridgehead atoms. The van der Waals surface area contributed by atoms with Crippen molar-refractivity contribution in [2.45, 2.75) is 19.9 Å². The van der Waals surface area contributed by atoms with E-state index in [9.17, 15) is 14.7 Å². The second-order valence-corrected chi connectivity index (χ2v) is 7.67. The van der Waals surface area contributed by atoms with Crippen LogP contribution in [0.1, 0.15) is 19.4 Å². The second-order valence-electron chi connectivity index (χ2n) is 6.00. The summed E-state index contributed by atoms with van der Waals surface area (Å²) in [5, 5.41) is 10.4. The van der Waals surface area contributed by atoms with Crippen molar-refractivity contribution in [3.8, 4) is 0 Å². The lowest BCUT2D eigenvalue weighted by atomic mass is 10.0. The molecule has 0 saturated carbocycles. The Morgan fingerprint density at radius 2 is 2.08 bits per heavy atom. The van der Waals surface area contributed by atoms with Crippen molar-refractivity contribution >= 4 is 57.2 Å². The van der Waals surface area contributed by atoms with Gasteiger partial charge in [-0.25, -0.2) is 4.79 Å². The molecule has 25 heavy (non-hydrogen) atoms. The highest BCUT2D eigenvalue weighted by atomic mass is 32.2. The fourth-order valence-corrected chi connectivity index (χ4v) is 4.13. The van der Waals surface area contributed by atoms with Gasteiger partial charge < -0.3 is 5.11 Å². The average Bonchev–Trinajstić information content (AvgIpc) is 2.83. The molecule has 1 N–H and O–H groups in total. The molecule has 2 aromatic rings. The number of carboxylic acid groups (broad SMARTS) is 1. The predicted molar refractivity (Wildman–Crippen MR) is 103 cm³/mol. The van der Waals surface area contributed by atoms with Crippen molar-refractivity contribution in [1.82, 2.24) is 9.88 Å². The molecule has 1 aromatic heterocycles. The van der Waals surface area contributed by atoms with E-state index < -0.39 is 12.0 Å². The van der Waals surface area contributed by atoms with Crippen LogP contribution >= 0.6 is 24.0 Å². The number of nitrogens with zero attached hydrogens (tertiary/aromatic N) is 2. The predicted octanol–water partition coefficient (Wildman–Crippen LogP) is 3.55. The first-order chi connectivity index (χ1) is 11.9. The van der Waals surface area contributed by atoms with Crippen LogP contribution in [0.2, 0.25) is 0 Å². The lowest BCUT2D eigenvalue weighted by molar-refractivity contribution is -0.146. The number of benzene rings is 1. The van der Waals surface area contributed by atoms with Gasteiger partial charge in [-0.2, -0.15) is 0 Å². The van der Waals surface area contributed by atoms with Crippen LogP contribution in [-0.4, -0.2) is 37.2 Å². The second kappa shape index (κ2) is 6.93. The first-order valence-electron chi connectivity index (χ1n) is 7.73. The van der Waals surface area contributed by atoms with E-state index in [1.807, 2.05) is 30.3 Å². The lowest BCUT2D eigenvalue weighted by Crippen LogP contribution is -2.47. The van der Waals surface area contributed by atoms with Gasteiger partial charge in [-0.15, -0.1) is 0 Å². The third-order valence-electron chi connectivity index (χ3n) is 3.95. The molecule has 5 nitrogen and oxygen atoms in total. The number of thiocarbonyl (C=S) groups is 1. The van der Waals surface area contributed by atoms with Crippen LogP contribution in [0, 0.1) is 5.92 Å². The number of thioether (sulfide) groups is 1. The fourth-order valence-electron chi connectivity index (χ4n) is 2.81. The zero-order chi connectivity index (χ0) is 18.1. The highest BCUT2D eigenvalue weighted by Gasteiger charge is 2.41. The lowest BCUT2D eigenvalue weighted by Gasteiger charge is -2.26. The Labute approximate surface area is 154 Å². The molecule has 1 atom stereocenters. The minimum Gasteiger partial charge on any atom is -0.480 e. The Hall–Kier alpha value is -2.25. The molecule has 128 valence electrons. The maximum absolute atomic E-state index is 12.8. The average molecular weight is 372 g/mol. The highest BCUT2D eigenvalue weighted by molar-refractivity contribution is 8.26. The van der Waals surface area contributed by atoms with E-state index in [1.54, 1.807) is 26.1 Å². The Morgan fingerprint density at radius 1 is 1.32 bits per heavy atom. The summed E-state index contributed by atoms with van der Waals surface area (Å²) < 4.78 is 0.274. The van der Waals surface area contributed by atoms with Crippen LogP contribution < -0.4 is 0 Å². The summed E-state index contributed by atoms with van der Waals surface area (Å²) in [4.78, 5) is 30.3. The van der Waals surface area contributed by atoms with Gasteiger partial charge in [-0.1, -0.05) is 56.0 Å². The van der Waals surface area contributed by atoms with Gasteiger partial charge in [0.25, 0.3) is 5.91 Å². The maximum Gasteiger partial charge on any atom is 0.327 e. The molecule has 1 saturated heterocycles. The van der Waals surface area contributed by atoms with Crippen LogP contribution in [0.4, 0.5) is 0 Å². The number of carboxylic acids is 1. The van der Waals surface area contributed by atoms with Crippen molar-refractivity contribution in [2.75, 3.05) is 0 Å². The number of pyridine rings is 1. The topological polar surface area (TPSA) is 70.5 Å². The number of carbonyl (C=O) groups excluding carboxylic acids is 1. The highest BCUT2D eigenvalue weighted by Crippen LogP contribution is 2.36. The summed E-state index contributed by atoms with van der Waals surface area (Å²) in [6.45, 7) is 3.52. The van der Waals surface area contributed by atoms with Crippen LogP contribution in [0.5, 0.6) is 0 Å². The van der Waals surface area contributed by atoms with E-state index in [2.05, 4.69) is 4.98 Å². The van der Waals surface area contributed by atoms with Gasteiger partial charge in [0.05, 0.1) is 10.4 Å². The number of rotatable bonds is 4. The Morgan fingerprint density at radius 3 is 2.76 bits per heavy atom. The van der Waals surface area contributed by atoms with Crippen LogP contribution in [0.3, 0.4) is 0 Å². The Kier molecular flexibility index (Phi) is 4.87. The number of fused-ring (bicyclic) bond motifs is 1. The van der Waals surface area contributed by atoms with Crippen LogP contribution in [-0.2, 0) is 9.59 Å². The number of aliphatic carboxylic acids is 1. The summed E-state index contributed by atoms with van der Waals surface area (Å²) >= 11 is 6.41.